The van der Waals surface area contributed by atoms with E-state index in [1.165, 1.54) is 0 Å². The van der Waals surface area contributed by atoms with Gasteiger partial charge in [0, 0.05) is 0 Å². The monoisotopic (exact) mass is 196 g/mol. The minimum Gasteiger partial charge on any atom is -0.360 e. The third-order valence-corrected chi connectivity index (χ3v) is 2.23. The lowest BCUT2D eigenvalue weighted by atomic mass is 10.1. The average molecular weight is 196 g/mol. The van der Waals surface area contributed by atoms with Crippen LogP contribution in [-0.4, -0.2) is 6.10 Å². The van der Waals surface area contributed by atoms with Gasteiger partial charge in [-0.3, -0.25) is 0 Å². The van der Waals surface area contributed by atoms with E-state index in [4.69, 9.17) is 15.3 Å². The SMILES string of the molecule is N#CC(C#N)=CC1OC1c1ccccc1. The van der Waals surface area contributed by atoms with Crippen molar-refractivity contribution in [2.75, 3.05) is 0 Å². The zero-order chi connectivity index (χ0) is 10.7. The Kier molecular flexibility index (Phi) is 2.49. The maximum atomic E-state index is 8.56. The molecule has 1 aliphatic heterocycles. The van der Waals surface area contributed by atoms with Crippen LogP contribution in [0.25, 0.3) is 0 Å². The van der Waals surface area contributed by atoms with Gasteiger partial charge in [0.2, 0.25) is 0 Å². The van der Waals surface area contributed by atoms with Crippen LogP contribution in [0, 0.1) is 22.7 Å². The number of hydrogen-bond acceptors (Lipinski definition) is 3. The number of nitrogens with zero attached hydrogens (tertiary/aromatic N) is 2. The molecular formula is C12H8N2O. The normalized spacial score (nSPS) is 22.3. The molecule has 2 rings (SSSR count). The van der Waals surface area contributed by atoms with Gasteiger partial charge in [0.25, 0.3) is 0 Å². The molecule has 0 aromatic heterocycles. The van der Waals surface area contributed by atoms with Crippen LogP contribution in [0.5, 0.6) is 0 Å². The molecule has 0 amide bonds. The Bertz CT molecular complexity index is 449. The minimum atomic E-state index is -0.123. The predicted octanol–water partition coefficient (Wildman–Crippen LogP) is 2.10. The first kappa shape index (κ1) is 9.45. The zero-order valence-electron chi connectivity index (χ0n) is 7.92. The first-order chi connectivity index (χ1) is 7.35. The highest BCUT2D eigenvalue weighted by atomic mass is 16.6. The summed E-state index contributed by atoms with van der Waals surface area (Å²) in [6.07, 6.45) is 1.45. The van der Waals surface area contributed by atoms with Gasteiger partial charge in [-0.1, -0.05) is 30.3 Å². The first-order valence-corrected chi connectivity index (χ1v) is 4.57. The quantitative estimate of drug-likeness (QED) is 0.537. The van der Waals surface area contributed by atoms with Gasteiger partial charge in [0.05, 0.1) is 0 Å². The molecule has 3 nitrogen and oxygen atoms in total. The summed E-state index contributed by atoms with van der Waals surface area (Å²) < 4.78 is 5.36. The topological polar surface area (TPSA) is 60.1 Å². The smallest absolute Gasteiger partial charge is 0.128 e. The number of rotatable bonds is 2. The minimum absolute atomic E-state index is 0.00269. The molecular weight excluding hydrogens is 188 g/mol. The number of hydrogen-bond donors (Lipinski definition) is 0. The van der Waals surface area contributed by atoms with Crippen molar-refractivity contribution in [2.24, 2.45) is 0 Å². The molecule has 1 saturated heterocycles. The fraction of sp³-hybridized carbons (Fsp3) is 0.167. The van der Waals surface area contributed by atoms with E-state index in [9.17, 15) is 0 Å². The molecule has 15 heavy (non-hydrogen) atoms. The van der Waals surface area contributed by atoms with Crippen molar-refractivity contribution < 1.29 is 4.74 Å². The number of epoxide rings is 1. The Labute approximate surface area is 87.8 Å². The highest BCUT2D eigenvalue weighted by Crippen LogP contribution is 2.39. The summed E-state index contributed by atoms with van der Waals surface area (Å²) in [4.78, 5) is 0. The van der Waals surface area contributed by atoms with E-state index < -0.39 is 0 Å². The molecule has 1 aromatic carbocycles. The van der Waals surface area contributed by atoms with Gasteiger partial charge in [-0.2, -0.15) is 10.5 Å². The van der Waals surface area contributed by atoms with Crippen molar-refractivity contribution >= 4 is 0 Å². The highest BCUT2D eigenvalue weighted by molar-refractivity contribution is 5.38. The predicted molar refractivity (Wildman–Crippen MR) is 53.4 cm³/mol. The van der Waals surface area contributed by atoms with Gasteiger partial charge in [0.1, 0.15) is 29.9 Å². The molecule has 0 saturated carbocycles. The molecule has 3 heteroatoms. The Hall–Kier alpha value is -2.10. The molecule has 0 spiro atoms. The van der Waals surface area contributed by atoms with Crippen molar-refractivity contribution in [1.29, 1.82) is 10.5 Å². The lowest BCUT2D eigenvalue weighted by Crippen LogP contribution is -1.85. The van der Waals surface area contributed by atoms with Crippen molar-refractivity contribution in [1.82, 2.24) is 0 Å². The lowest BCUT2D eigenvalue weighted by molar-refractivity contribution is 0.394. The molecule has 1 heterocycles. The van der Waals surface area contributed by atoms with Gasteiger partial charge in [-0.25, -0.2) is 0 Å². The van der Waals surface area contributed by atoms with E-state index in [-0.39, 0.29) is 17.8 Å². The molecule has 1 aliphatic rings. The van der Waals surface area contributed by atoms with Crippen LogP contribution in [-0.2, 0) is 4.74 Å². The van der Waals surface area contributed by atoms with E-state index in [1.54, 1.807) is 6.08 Å². The van der Waals surface area contributed by atoms with Crippen LogP contribution in [0.15, 0.2) is 42.0 Å². The third-order valence-electron chi connectivity index (χ3n) is 2.23. The molecule has 72 valence electrons. The van der Waals surface area contributed by atoms with Crippen LogP contribution in [0.1, 0.15) is 11.7 Å². The fourth-order valence-corrected chi connectivity index (χ4v) is 1.43. The van der Waals surface area contributed by atoms with E-state index in [1.807, 2.05) is 42.5 Å². The maximum Gasteiger partial charge on any atom is 0.128 e. The lowest BCUT2D eigenvalue weighted by Gasteiger charge is -1.91. The van der Waals surface area contributed by atoms with Crippen molar-refractivity contribution in [3.05, 3.63) is 47.5 Å². The van der Waals surface area contributed by atoms with E-state index in [2.05, 4.69) is 0 Å². The van der Waals surface area contributed by atoms with Crippen LogP contribution in [0.2, 0.25) is 0 Å². The van der Waals surface area contributed by atoms with E-state index >= 15 is 0 Å². The number of allylic oxidation sites excluding steroid dienone is 1. The summed E-state index contributed by atoms with van der Waals surface area (Å²) in [6.45, 7) is 0. The van der Waals surface area contributed by atoms with Crippen molar-refractivity contribution in [3.63, 3.8) is 0 Å². The van der Waals surface area contributed by atoms with Gasteiger partial charge in [-0.15, -0.1) is 0 Å². The van der Waals surface area contributed by atoms with Crippen molar-refractivity contribution in [2.45, 2.75) is 12.2 Å². The highest BCUT2D eigenvalue weighted by Gasteiger charge is 2.38. The number of benzene rings is 1. The molecule has 0 bridgehead atoms. The van der Waals surface area contributed by atoms with Crippen LogP contribution >= 0.6 is 0 Å². The Morgan fingerprint density at radius 1 is 1.20 bits per heavy atom. The summed E-state index contributed by atoms with van der Waals surface area (Å²) in [5, 5.41) is 17.1. The summed E-state index contributed by atoms with van der Waals surface area (Å²) in [5.41, 5.74) is 1.19. The van der Waals surface area contributed by atoms with Crippen LogP contribution in [0.3, 0.4) is 0 Å². The maximum absolute atomic E-state index is 8.56. The molecule has 2 unspecified atom stereocenters. The second-order valence-corrected chi connectivity index (χ2v) is 3.24. The van der Waals surface area contributed by atoms with Crippen LogP contribution < -0.4 is 0 Å². The van der Waals surface area contributed by atoms with Crippen LogP contribution in [0.4, 0.5) is 0 Å². The standard InChI is InChI=1S/C12H8N2O/c13-7-9(8-14)6-11-12(15-11)10-4-2-1-3-5-10/h1-6,11-12H. The van der Waals surface area contributed by atoms with Crippen molar-refractivity contribution in [3.8, 4) is 12.1 Å². The van der Waals surface area contributed by atoms with Gasteiger partial charge < -0.3 is 4.74 Å². The summed E-state index contributed by atoms with van der Waals surface area (Å²) in [7, 11) is 0. The second kappa shape index (κ2) is 3.96. The first-order valence-electron chi connectivity index (χ1n) is 4.57. The largest absolute Gasteiger partial charge is 0.360 e. The third kappa shape index (κ3) is 2.04. The Balaban J connectivity index is 2.08. The second-order valence-electron chi connectivity index (χ2n) is 3.24. The van der Waals surface area contributed by atoms with Gasteiger partial charge in [0.15, 0.2) is 0 Å². The Morgan fingerprint density at radius 2 is 1.87 bits per heavy atom. The number of nitriles is 2. The average Bonchev–Trinajstić information content (AvgIpc) is 3.06. The number of ether oxygens (including phenoxy) is 1. The molecule has 1 fully saturated rings. The van der Waals surface area contributed by atoms with Gasteiger partial charge in [-0.05, 0) is 11.6 Å². The summed E-state index contributed by atoms with van der Waals surface area (Å²) in [5.74, 6) is 0. The molecule has 2 atom stereocenters. The fourth-order valence-electron chi connectivity index (χ4n) is 1.43. The van der Waals surface area contributed by atoms with E-state index in [0.717, 1.165) is 5.56 Å². The summed E-state index contributed by atoms with van der Waals surface area (Å²) >= 11 is 0. The molecule has 0 aliphatic carbocycles. The molecule has 0 N–H and O–H groups in total. The Morgan fingerprint density at radius 3 is 2.47 bits per heavy atom. The van der Waals surface area contributed by atoms with Gasteiger partial charge >= 0.3 is 0 Å². The van der Waals surface area contributed by atoms with E-state index in [0.29, 0.717) is 0 Å². The summed E-state index contributed by atoms with van der Waals surface area (Å²) in [6, 6.07) is 13.4. The zero-order valence-corrected chi connectivity index (χ0v) is 7.92. The molecule has 1 aromatic rings. The molecule has 0 radical (unpaired) electrons.